The molecule has 0 spiro atoms. The molecular weight excluding hydrogens is 436 g/mol. The van der Waals surface area contributed by atoms with Gasteiger partial charge in [-0.3, -0.25) is 4.79 Å². The van der Waals surface area contributed by atoms with E-state index >= 15 is 0 Å². The maximum absolute atomic E-state index is 13.4. The number of para-hydroxylation sites is 1. The van der Waals surface area contributed by atoms with E-state index in [4.69, 9.17) is 9.72 Å². The highest BCUT2D eigenvalue weighted by molar-refractivity contribution is 6.13. The molecule has 0 atom stereocenters. The van der Waals surface area contributed by atoms with E-state index in [1.165, 1.54) is 5.56 Å². The van der Waals surface area contributed by atoms with Crippen LogP contribution in [0, 0.1) is 6.92 Å². The third-order valence-corrected chi connectivity index (χ3v) is 6.16. The van der Waals surface area contributed by atoms with Gasteiger partial charge in [0.25, 0.3) is 5.91 Å². The molecule has 0 bridgehead atoms. The predicted molar refractivity (Wildman–Crippen MR) is 139 cm³/mol. The number of carbonyl (C=O) groups is 1. The Bertz CT molecular complexity index is 1520. The zero-order valence-electron chi connectivity index (χ0n) is 19.9. The summed E-state index contributed by atoms with van der Waals surface area (Å²) in [5.74, 6) is 0.469. The van der Waals surface area contributed by atoms with E-state index in [0.717, 1.165) is 34.3 Å². The molecule has 2 aromatic heterocycles. The number of carbonyl (C=O) groups excluding carboxylic acids is 1. The van der Waals surface area contributed by atoms with Gasteiger partial charge in [0.05, 0.1) is 41.5 Å². The Morgan fingerprint density at radius 3 is 2.57 bits per heavy atom. The zero-order valence-corrected chi connectivity index (χ0v) is 19.9. The summed E-state index contributed by atoms with van der Waals surface area (Å²) in [5.41, 5.74) is 6.77. The first-order chi connectivity index (χ1) is 17.1. The van der Waals surface area contributed by atoms with Crippen molar-refractivity contribution in [2.75, 3.05) is 12.4 Å². The number of methoxy groups -OCH3 is 1. The fourth-order valence-electron chi connectivity index (χ4n) is 4.19. The summed E-state index contributed by atoms with van der Waals surface area (Å²) in [6.45, 7) is 4.16. The molecule has 5 rings (SSSR count). The van der Waals surface area contributed by atoms with Gasteiger partial charge in [0, 0.05) is 22.7 Å². The Labute approximate surface area is 204 Å². The van der Waals surface area contributed by atoms with Crippen LogP contribution in [0.25, 0.3) is 27.8 Å². The van der Waals surface area contributed by atoms with E-state index < -0.39 is 0 Å². The van der Waals surface area contributed by atoms with Crippen LogP contribution in [-0.4, -0.2) is 27.8 Å². The molecule has 0 unspecified atom stereocenters. The maximum atomic E-state index is 13.4. The van der Waals surface area contributed by atoms with Gasteiger partial charge in [-0.15, -0.1) is 0 Å². The van der Waals surface area contributed by atoms with Gasteiger partial charge in [-0.05, 0) is 55.3 Å². The lowest BCUT2D eigenvalue weighted by atomic mass is 10.0. The van der Waals surface area contributed by atoms with Crippen molar-refractivity contribution in [3.8, 4) is 22.7 Å². The first-order valence-electron chi connectivity index (χ1n) is 11.6. The molecule has 0 saturated carbocycles. The van der Waals surface area contributed by atoms with Crippen molar-refractivity contribution in [3.63, 3.8) is 0 Å². The van der Waals surface area contributed by atoms with Crippen LogP contribution in [0.15, 0.2) is 85.1 Å². The third kappa shape index (κ3) is 4.38. The van der Waals surface area contributed by atoms with Crippen LogP contribution in [0.3, 0.4) is 0 Å². The highest BCUT2D eigenvalue weighted by atomic mass is 16.5. The number of aryl methyl sites for hydroxylation is 1. The van der Waals surface area contributed by atoms with E-state index in [2.05, 4.69) is 41.6 Å². The van der Waals surface area contributed by atoms with Crippen LogP contribution in [-0.2, 0) is 6.42 Å². The molecule has 1 N–H and O–H groups in total. The molecule has 1 amide bonds. The number of anilines is 1. The smallest absolute Gasteiger partial charge is 0.256 e. The second-order valence-corrected chi connectivity index (χ2v) is 8.33. The number of rotatable bonds is 6. The van der Waals surface area contributed by atoms with Crippen LogP contribution in [0.4, 0.5) is 5.69 Å². The Morgan fingerprint density at radius 1 is 1.00 bits per heavy atom. The average Bonchev–Trinajstić information content (AvgIpc) is 3.29. The molecule has 0 aliphatic heterocycles. The lowest BCUT2D eigenvalue weighted by Gasteiger charge is -2.11. The standard InChI is InChI=1S/C29H26N4O2/c1-4-20-12-14-22(15-13-20)33-19(2)26(18-30-33)28-17-25(24-10-5-6-11-27(24)32-28)29(34)31-21-8-7-9-23(16-21)35-3/h5-18H,4H2,1-3H3,(H,31,34). The van der Waals surface area contributed by atoms with Crippen molar-refractivity contribution >= 4 is 22.5 Å². The van der Waals surface area contributed by atoms with Crippen molar-refractivity contribution in [3.05, 3.63) is 102 Å². The number of nitrogens with zero attached hydrogens (tertiary/aromatic N) is 3. The molecule has 174 valence electrons. The number of benzene rings is 3. The molecule has 0 radical (unpaired) electrons. The fraction of sp³-hybridized carbons (Fsp3) is 0.138. The molecule has 0 aliphatic rings. The Balaban J connectivity index is 1.56. The largest absolute Gasteiger partial charge is 0.497 e. The number of hydrogen-bond acceptors (Lipinski definition) is 4. The second-order valence-electron chi connectivity index (χ2n) is 8.33. The zero-order chi connectivity index (χ0) is 24.4. The highest BCUT2D eigenvalue weighted by Crippen LogP contribution is 2.29. The van der Waals surface area contributed by atoms with Crippen molar-refractivity contribution in [2.24, 2.45) is 0 Å². The number of hydrogen-bond donors (Lipinski definition) is 1. The summed E-state index contributed by atoms with van der Waals surface area (Å²) in [6, 6.07) is 25.2. The van der Waals surface area contributed by atoms with Gasteiger partial charge in [-0.1, -0.05) is 43.3 Å². The maximum Gasteiger partial charge on any atom is 0.256 e. The number of nitrogens with one attached hydrogen (secondary N) is 1. The lowest BCUT2D eigenvalue weighted by molar-refractivity contribution is 0.102. The van der Waals surface area contributed by atoms with E-state index in [0.29, 0.717) is 22.7 Å². The lowest BCUT2D eigenvalue weighted by Crippen LogP contribution is -2.13. The quantitative estimate of drug-likeness (QED) is 0.325. The molecule has 35 heavy (non-hydrogen) atoms. The van der Waals surface area contributed by atoms with Gasteiger partial charge in [-0.25, -0.2) is 9.67 Å². The molecule has 0 aliphatic carbocycles. The van der Waals surface area contributed by atoms with Gasteiger partial charge in [0.1, 0.15) is 5.75 Å². The normalized spacial score (nSPS) is 10.9. The Kier molecular flexibility index (Phi) is 6.02. The topological polar surface area (TPSA) is 69.0 Å². The van der Waals surface area contributed by atoms with Crippen molar-refractivity contribution in [2.45, 2.75) is 20.3 Å². The second kappa shape index (κ2) is 9.43. The summed E-state index contributed by atoms with van der Waals surface area (Å²) in [5, 5.41) is 8.40. The monoisotopic (exact) mass is 462 g/mol. The van der Waals surface area contributed by atoms with Gasteiger partial charge in [0.2, 0.25) is 0 Å². The van der Waals surface area contributed by atoms with Gasteiger partial charge < -0.3 is 10.1 Å². The van der Waals surface area contributed by atoms with Crippen LogP contribution < -0.4 is 10.1 Å². The fourth-order valence-corrected chi connectivity index (χ4v) is 4.19. The van der Waals surface area contributed by atoms with Gasteiger partial charge in [-0.2, -0.15) is 5.10 Å². The Morgan fingerprint density at radius 2 is 1.80 bits per heavy atom. The molecule has 0 saturated heterocycles. The van der Waals surface area contributed by atoms with Crippen LogP contribution in [0.1, 0.15) is 28.5 Å². The summed E-state index contributed by atoms with van der Waals surface area (Å²) in [6.07, 6.45) is 2.80. The molecule has 0 fully saturated rings. The molecule has 2 heterocycles. The number of ether oxygens (including phenoxy) is 1. The molecule has 6 nitrogen and oxygen atoms in total. The van der Waals surface area contributed by atoms with Gasteiger partial charge in [0.15, 0.2) is 0 Å². The van der Waals surface area contributed by atoms with E-state index in [-0.39, 0.29) is 5.91 Å². The van der Waals surface area contributed by atoms with Crippen molar-refractivity contribution < 1.29 is 9.53 Å². The van der Waals surface area contributed by atoms with Crippen molar-refractivity contribution in [1.29, 1.82) is 0 Å². The SMILES string of the molecule is CCc1ccc(-n2ncc(-c3cc(C(=O)Nc4cccc(OC)c4)c4ccccc4n3)c2C)cc1. The minimum atomic E-state index is -0.210. The van der Waals surface area contributed by atoms with Crippen molar-refractivity contribution in [1.82, 2.24) is 14.8 Å². The summed E-state index contributed by atoms with van der Waals surface area (Å²) >= 11 is 0. The first-order valence-corrected chi connectivity index (χ1v) is 11.6. The molecule has 5 aromatic rings. The van der Waals surface area contributed by atoms with E-state index in [1.807, 2.05) is 66.3 Å². The Hall–Kier alpha value is -4.45. The number of pyridine rings is 1. The summed E-state index contributed by atoms with van der Waals surface area (Å²) < 4.78 is 7.19. The minimum absolute atomic E-state index is 0.210. The average molecular weight is 463 g/mol. The van der Waals surface area contributed by atoms with E-state index in [9.17, 15) is 4.79 Å². The molecule has 3 aromatic carbocycles. The van der Waals surface area contributed by atoms with Crippen LogP contribution in [0.5, 0.6) is 5.75 Å². The minimum Gasteiger partial charge on any atom is -0.497 e. The molecular formula is C29H26N4O2. The highest BCUT2D eigenvalue weighted by Gasteiger charge is 2.17. The van der Waals surface area contributed by atoms with E-state index in [1.54, 1.807) is 13.2 Å². The number of amides is 1. The summed E-state index contributed by atoms with van der Waals surface area (Å²) in [4.78, 5) is 18.2. The van der Waals surface area contributed by atoms with Gasteiger partial charge >= 0.3 is 0 Å². The third-order valence-electron chi connectivity index (χ3n) is 6.16. The number of aromatic nitrogens is 3. The van der Waals surface area contributed by atoms with Crippen LogP contribution in [0.2, 0.25) is 0 Å². The van der Waals surface area contributed by atoms with Crippen LogP contribution >= 0.6 is 0 Å². The molecule has 6 heteroatoms. The number of fused-ring (bicyclic) bond motifs is 1. The predicted octanol–water partition coefficient (Wildman–Crippen LogP) is 6.22. The first kappa shape index (κ1) is 22.3. The summed E-state index contributed by atoms with van der Waals surface area (Å²) in [7, 11) is 1.60.